The highest BCUT2D eigenvalue weighted by Gasteiger charge is 2.25. The van der Waals surface area contributed by atoms with Crippen molar-refractivity contribution in [2.75, 3.05) is 13.7 Å². The van der Waals surface area contributed by atoms with E-state index in [-0.39, 0.29) is 41.3 Å². The molecule has 13 heteroatoms. The number of esters is 2. The van der Waals surface area contributed by atoms with Crippen LogP contribution in [0, 0.1) is 11.7 Å². The Morgan fingerprint density at radius 2 is 1.82 bits per heavy atom. The predicted molar refractivity (Wildman–Crippen MR) is 133 cm³/mol. The molecule has 1 saturated carbocycles. The fourth-order valence-electron chi connectivity index (χ4n) is 3.55. The zero-order valence-electron chi connectivity index (χ0n) is 20.9. The van der Waals surface area contributed by atoms with Gasteiger partial charge in [-0.1, -0.05) is 6.07 Å². The summed E-state index contributed by atoms with van der Waals surface area (Å²) in [5.74, 6) is -2.46. The van der Waals surface area contributed by atoms with E-state index in [4.69, 9.17) is 19.6 Å². The molecule has 0 spiro atoms. The van der Waals surface area contributed by atoms with Crippen molar-refractivity contribution in [1.82, 2.24) is 4.98 Å². The van der Waals surface area contributed by atoms with Gasteiger partial charge in [-0.05, 0) is 56.0 Å². The zero-order valence-corrected chi connectivity index (χ0v) is 21.8. The van der Waals surface area contributed by atoms with Crippen LogP contribution >= 0.6 is 12.4 Å². The van der Waals surface area contributed by atoms with Crippen LogP contribution in [0.3, 0.4) is 0 Å². The summed E-state index contributed by atoms with van der Waals surface area (Å²) in [6.45, 7) is -1.47. The van der Waals surface area contributed by atoms with E-state index < -0.39 is 48.1 Å². The number of carbonyl (C=O) groups is 2. The lowest BCUT2D eigenvalue weighted by Gasteiger charge is -2.12. The molecule has 0 aliphatic heterocycles. The van der Waals surface area contributed by atoms with Crippen LogP contribution in [0.1, 0.15) is 58.0 Å². The van der Waals surface area contributed by atoms with E-state index in [1.165, 1.54) is 30.3 Å². The Bertz CT molecular complexity index is 1330. The summed E-state index contributed by atoms with van der Waals surface area (Å²) in [6.07, 6.45) is 2.00. The molecule has 1 fully saturated rings. The summed E-state index contributed by atoms with van der Waals surface area (Å²) in [6, 6.07) is 7.24. The lowest BCUT2D eigenvalue weighted by atomic mass is 10.1. The normalized spacial score (nSPS) is 13.4. The van der Waals surface area contributed by atoms with Gasteiger partial charge in [-0.2, -0.15) is 8.78 Å². The molecule has 1 aromatic heterocycles. The second kappa shape index (κ2) is 12.9. The van der Waals surface area contributed by atoms with E-state index in [2.05, 4.69) is 14.5 Å². The Kier molecular flexibility index (Phi) is 9.81. The highest BCUT2D eigenvalue weighted by atomic mass is 35.5. The standard InChI is InChI=1S/C26H25F3N2O7.ClH/c1-13(30)22-18(12-36-25(33)17-5-3-4-16(21(17)27)24(32)34-2)31-23(38-22)15-8-9-19(37-26(28)29)20(10-15)35-11-14-6-7-14;/h3-5,8-10,13-14,26H,6-7,11-12,30H2,1-2H3;1H. The van der Waals surface area contributed by atoms with Gasteiger partial charge in [-0.3, -0.25) is 0 Å². The number of nitrogens with two attached hydrogens (primary N) is 1. The van der Waals surface area contributed by atoms with Crippen molar-refractivity contribution in [3.8, 4) is 23.0 Å². The third-order valence-corrected chi connectivity index (χ3v) is 5.68. The van der Waals surface area contributed by atoms with Gasteiger partial charge in [0.25, 0.3) is 0 Å². The van der Waals surface area contributed by atoms with Crippen LogP contribution in [-0.4, -0.2) is 37.3 Å². The summed E-state index contributed by atoms with van der Waals surface area (Å²) < 4.78 is 66.1. The van der Waals surface area contributed by atoms with Crippen molar-refractivity contribution in [1.29, 1.82) is 0 Å². The maximum atomic E-state index is 14.7. The van der Waals surface area contributed by atoms with Crippen LogP contribution in [0.15, 0.2) is 40.8 Å². The van der Waals surface area contributed by atoms with Crippen LogP contribution in [0.2, 0.25) is 0 Å². The lowest BCUT2D eigenvalue weighted by Crippen LogP contribution is -2.13. The minimum Gasteiger partial charge on any atom is -0.489 e. The van der Waals surface area contributed by atoms with Crippen molar-refractivity contribution in [2.24, 2.45) is 11.7 Å². The number of hydrogen-bond donors (Lipinski definition) is 1. The molecular formula is C26H26ClF3N2O7. The van der Waals surface area contributed by atoms with E-state index >= 15 is 0 Å². The van der Waals surface area contributed by atoms with Crippen molar-refractivity contribution >= 4 is 24.3 Å². The fraction of sp³-hybridized carbons (Fsp3) is 0.346. The van der Waals surface area contributed by atoms with E-state index in [1.54, 1.807) is 6.92 Å². The van der Waals surface area contributed by atoms with Crippen LogP contribution in [0.4, 0.5) is 13.2 Å². The van der Waals surface area contributed by atoms with Crippen LogP contribution in [0.25, 0.3) is 11.5 Å². The molecule has 1 atom stereocenters. The maximum absolute atomic E-state index is 14.7. The number of aromatic nitrogens is 1. The number of rotatable bonds is 11. The number of hydrogen-bond acceptors (Lipinski definition) is 9. The summed E-state index contributed by atoms with van der Waals surface area (Å²) in [5, 5.41) is 0. The number of carbonyl (C=O) groups excluding carboxylic acids is 2. The lowest BCUT2D eigenvalue weighted by molar-refractivity contribution is -0.0515. The first kappa shape index (κ1) is 29.8. The highest BCUT2D eigenvalue weighted by molar-refractivity contribution is 5.95. The molecule has 1 unspecified atom stereocenters. The third-order valence-electron chi connectivity index (χ3n) is 5.68. The second-order valence-corrected chi connectivity index (χ2v) is 8.65. The fourth-order valence-corrected chi connectivity index (χ4v) is 3.55. The monoisotopic (exact) mass is 570 g/mol. The Morgan fingerprint density at radius 1 is 1.13 bits per heavy atom. The first-order valence-corrected chi connectivity index (χ1v) is 11.7. The Labute approximate surface area is 227 Å². The minimum atomic E-state index is -3.03. The number of alkyl halides is 2. The molecule has 9 nitrogen and oxygen atoms in total. The molecule has 1 aliphatic rings. The van der Waals surface area contributed by atoms with E-state index in [0.717, 1.165) is 26.0 Å². The maximum Gasteiger partial charge on any atom is 0.387 e. The van der Waals surface area contributed by atoms with Crippen LogP contribution in [0.5, 0.6) is 11.5 Å². The molecule has 0 saturated heterocycles. The van der Waals surface area contributed by atoms with Gasteiger partial charge in [0.2, 0.25) is 5.89 Å². The van der Waals surface area contributed by atoms with Gasteiger partial charge in [0.1, 0.15) is 18.1 Å². The van der Waals surface area contributed by atoms with Crippen molar-refractivity contribution in [3.63, 3.8) is 0 Å². The molecule has 4 rings (SSSR count). The molecule has 1 aliphatic carbocycles. The number of oxazole rings is 1. The summed E-state index contributed by atoms with van der Waals surface area (Å²) in [5.41, 5.74) is 5.67. The van der Waals surface area contributed by atoms with Crippen molar-refractivity contribution < 1.29 is 46.1 Å². The minimum absolute atomic E-state index is 0. The van der Waals surface area contributed by atoms with Gasteiger partial charge >= 0.3 is 18.6 Å². The molecule has 39 heavy (non-hydrogen) atoms. The molecule has 0 bridgehead atoms. The summed E-state index contributed by atoms with van der Waals surface area (Å²) in [4.78, 5) is 28.6. The molecular weight excluding hydrogens is 545 g/mol. The van der Waals surface area contributed by atoms with Crippen LogP contribution in [-0.2, 0) is 16.1 Å². The molecule has 210 valence electrons. The highest BCUT2D eigenvalue weighted by Crippen LogP contribution is 2.37. The van der Waals surface area contributed by atoms with Crippen molar-refractivity contribution in [2.45, 2.75) is 39.0 Å². The second-order valence-electron chi connectivity index (χ2n) is 8.65. The summed E-state index contributed by atoms with van der Waals surface area (Å²) in [7, 11) is 1.09. The smallest absolute Gasteiger partial charge is 0.387 e. The van der Waals surface area contributed by atoms with Crippen molar-refractivity contribution in [3.05, 3.63) is 64.8 Å². The zero-order chi connectivity index (χ0) is 27.4. The average molecular weight is 571 g/mol. The largest absolute Gasteiger partial charge is 0.489 e. The summed E-state index contributed by atoms with van der Waals surface area (Å²) >= 11 is 0. The third kappa shape index (κ3) is 7.21. The SMILES string of the molecule is COC(=O)c1cccc(C(=O)OCc2nc(-c3ccc(OC(F)F)c(OCC4CC4)c3)oc2C(C)N)c1F.Cl. The van der Waals surface area contributed by atoms with E-state index in [9.17, 15) is 22.8 Å². The number of ether oxygens (including phenoxy) is 4. The predicted octanol–water partition coefficient (Wildman–Crippen LogP) is 5.46. The van der Waals surface area contributed by atoms with Gasteiger partial charge in [-0.15, -0.1) is 12.4 Å². The number of methoxy groups -OCH3 is 1. The number of halogens is 4. The average Bonchev–Trinajstić information content (AvgIpc) is 3.62. The Hall–Kier alpha value is -3.77. The van der Waals surface area contributed by atoms with Crippen LogP contribution < -0.4 is 15.2 Å². The quantitative estimate of drug-likeness (QED) is 0.299. The van der Waals surface area contributed by atoms with Gasteiger partial charge in [0, 0.05) is 5.56 Å². The molecule has 2 N–H and O–H groups in total. The Morgan fingerprint density at radius 3 is 2.44 bits per heavy atom. The van der Waals surface area contributed by atoms with Gasteiger partial charge in [0.15, 0.2) is 17.3 Å². The first-order valence-electron chi connectivity index (χ1n) is 11.7. The number of nitrogens with zero attached hydrogens (tertiary/aromatic N) is 1. The first-order chi connectivity index (χ1) is 18.2. The molecule has 0 amide bonds. The molecule has 0 radical (unpaired) electrons. The van der Waals surface area contributed by atoms with E-state index in [1.807, 2.05) is 0 Å². The number of benzene rings is 2. The van der Waals surface area contributed by atoms with E-state index in [0.29, 0.717) is 18.1 Å². The molecule has 1 heterocycles. The van der Waals surface area contributed by atoms with Gasteiger partial charge in [-0.25, -0.2) is 19.0 Å². The van der Waals surface area contributed by atoms with Gasteiger partial charge in [0.05, 0.1) is 30.9 Å². The molecule has 2 aromatic carbocycles. The Balaban J connectivity index is 0.00000420. The van der Waals surface area contributed by atoms with Gasteiger partial charge < -0.3 is 29.1 Å². The molecule has 3 aromatic rings. The topological polar surface area (TPSA) is 123 Å².